The molecular weight excluding hydrogens is 300 g/mol. The van der Waals surface area contributed by atoms with Crippen LogP contribution in [0.4, 0.5) is 9.59 Å². The van der Waals surface area contributed by atoms with E-state index < -0.39 is 35.5 Å². The molecule has 23 heavy (non-hydrogen) atoms. The van der Waals surface area contributed by atoms with Crippen LogP contribution in [0.2, 0.25) is 0 Å². The van der Waals surface area contributed by atoms with Crippen molar-refractivity contribution in [1.29, 1.82) is 0 Å². The Balaban J connectivity index is 2.78. The van der Waals surface area contributed by atoms with Gasteiger partial charge in [0.15, 0.2) is 0 Å². The molecule has 0 aromatic carbocycles. The van der Waals surface area contributed by atoms with Gasteiger partial charge in [-0.15, -0.1) is 0 Å². The van der Waals surface area contributed by atoms with Crippen LogP contribution < -0.4 is 0 Å². The van der Waals surface area contributed by atoms with Gasteiger partial charge in [-0.05, 0) is 48.5 Å². The standard InChI is InChI=1S/C16H30N2O5/c1-11(19)12-10-17(13(20)22-15(2,3)4)8-9-18(12)14(21)23-16(5,6)7/h11-12,19H,8-10H2,1-7H3/t11?,12-/m0/s1. The molecule has 1 aliphatic heterocycles. The summed E-state index contributed by atoms with van der Waals surface area (Å²) in [5.41, 5.74) is -1.19. The first-order valence-electron chi connectivity index (χ1n) is 7.96. The zero-order chi connectivity index (χ0) is 18.0. The van der Waals surface area contributed by atoms with E-state index in [0.29, 0.717) is 13.1 Å². The van der Waals surface area contributed by atoms with Gasteiger partial charge in [-0.25, -0.2) is 9.59 Å². The Morgan fingerprint density at radius 3 is 1.91 bits per heavy atom. The molecule has 0 radical (unpaired) electrons. The van der Waals surface area contributed by atoms with Gasteiger partial charge in [0.05, 0.1) is 12.1 Å². The molecule has 1 saturated heterocycles. The van der Waals surface area contributed by atoms with Crippen LogP contribution in [0, 0.1) is 0 Å². The van der Waals surface area contributed by atoms with E-state index in [2.05, 4.69) is 0 Å². The predicted molar refractivity (Wildman–Crippen MR) is 86.2 cm³/mol. The van der Waals surface area contributed by atoms with Gasteiger partial charge in [0, 0.05) is 19.6 Å². The van der Waals surface area contributed by atoms with Crippen LogP contribution in [0.3, 0.4) is 0 Å². The Morgan fingerprint density at radius 1 is 1.00 bits per heavy atom. The van der Waals surface area contributed by atoms with Crippen molar-refractivity contribution in [2.45, 2.75) is 71.8 Å². The molecule has 0 aromatic rings. The minimum absolute atomic E-state index is 0.214. The summed E-state index contributed by atoms with van der Waals surface area (Å²) < 4.78 is 10.7. The van der Waals surface area contributed by atoms with Crippen molar-refractivity contribution in [1.82, 2.24) is 9.80 Å². The molecule has 0 aliphatic carbocycles. The number of amides is 2. The number of hydrogen-bond acceptors (Lipinski definition) is 5. The number of aliphatic hydroxyl groups excluding tert-OH is 1. The average molecular weight is 330 g/mol. The molecule has 1 N–H and O–H groups in total. The summed E-state index contributed by atoms with van der Waals surface area (Å²) in [6.45, 7) is 13.2. The van der Waals surface area contributed by atoms with Gasteiger partial charge in [0.25, 0.3) is 0 Å². The molecule has 0 spiro atoms. The van der Waals surface area contributed by atoms with E-state index in [1.807, 2.05) is 0 Å². The molecule has 2 amide bonds. The number of nitrogens with zero attached hydrogens (tertiary/aromatic N) is 2. The number of ether oxygens (including phenoxy) is 2. The number of hydrogen-bond donors (Lipinski definition) is 1. The molecule has 1 aliphatic rings. The lowest BCUT2D eigenvalue weighted by atomic mass is 10.1. The minimum atomic E-state index is -0.784. The maximum Gasteiger partial charge on any atom is 0.410 e. The highest BCUT2D eigenvalue weighted by atomic mass is 16.6. The predicted octanol–water partition coefficient (Wildman–Crippen LogP) is 2.22. The second-order valence-corrected chi connectivity index (χ2v) is 7.91. The Labute approximate surface area is 138 Å². The first-order valence-corrected chi connectivity index (χ1v) is 7.96. The number of carbonyl (C=O) groups excluding carboxylic acids is 2. The molecule has 1 rings (SSSR count). The van der Waals surface area contributed by atoms with E-state index in [0.717, 1.165) is 0 Å². The molecule has 0 bridgehead atoms. The summed E-state index contributed by atoms with van der Waals surface area (Å²) >= 11 is 0. The normalized spacial score (nSPS) is 21.0. The van der Waals surface area contributed by atoms with Crippen molar-refractivity contribution in [3.05, 3.63) is 0 Å². The number of aliphatic hydroxyl groups is 1. The molecule has 1 heterocycles. The fourth-order valence-electron chi connectivity index (χ4n) is 2.26. The molecule has 2 atom stereocenters. The van der Waals surface area contributed by atoms with E-state index in [-0.39, 0.29) is 6.54 Å². The molecule has 1 unspecified atom stereocenters. The van der Waals surface area contributed by atoms with E-state index in [1.165, 1.54) is 9.80 Å². The van der Waals surface area contributed by atoms with Gasteiger partial charge in [0.2, 0.25) is 0 Å². The van der Waals surface area contributed by atoms with Gasteiger partial charge >= 0.3 is 12.2 Å². The lowest BCUT2D eigenvalue weighted by Gasteiger charge is -2.42. The topological polar surface area (TPSA) is 79.3 Å². The van der Waals surface area contributed by atoms with E-state index in [4.69, 9.17) is 9.47 Å². The van der Waals surface area contributed by atoms with Gasteiger partial charge in [0.1, 0.15) is 11.2 Å². The van der Waals surface area contributed by atoms with Crippen LogP contribution in [0.15, 0.2) is 0 Å². The van der Waals surface area contributed by atoms with Crippen molar-refractivity contribution in [2.24, 2.45) is 0 Å². The average Bonchev–Trinajstić information content (AvgIpc) is 2.33. The van der Waals surface area contributed by atoms with Crippen LogP contribution in [0.25, 0.3) is 0 Å². The Morgan fingerprint density at radius 2 is 1.48 bits per heavy atom. The summed E-state index contributed by atoms with van der Waals surface area (Å²) in [6.07, 6.45) is -1.70. The Hall–Kier alpha value is -1.50. The van der Waals surface area contributed by atoms with Gasteiger partial charge in [-0.2, -0.15) is 0 Å². The van der Waals surface area contributed by atoms with Gasteiger partial charge in [-0.1, -0.05) is 0 Å². The van der Waals surface area contributed by atoms with Gasteiger partial charge in [-0.3, -0.25) is 4.90 Å². The summed E-state index contributed by atoms with van der Waals surface area (Å²) in [6, 6.07) is -0.522. The second-order valence-electron chi connectivity index (χ2n) is 7.91. The monoisotopic (exact) mass is 330 g/mol. The summed E-state index contributed by atoms with van der Waals surface area (Å²) in [5.74, 6) is 0. The molecule has 0 saturated carbocycles. The maximum absolute atomic E-state index is 12.3. The molecule has 7 nitrogen and oxygen atoms in total. The van der Waals surface area contributed by atoms with Crippen LogP contribution in [-0.2, 0) is 9.47 Å². The minimum Gasteiger partial charge on any atom is -0.444 e. The zero-order valence-corrected chi connectivity index (χ0v) is 15.3. The van der Waals surface area contributed by atoms with Crippen molar-refractivity contribution in [3.8, 4) is 0 Å². The van der Waals surface area contributed by atoms with E-state index in [9.17, 15) is 14.7 Å². The van der Waals surface area contributed by atoms with Crippen molar-refractivity contribution >= 4 is 12.2 Å². The first-order chi connectivity index (χ1) is 10.3. The number of carbonyl (C=O) groups is 2. The lowest BCUT2D eigenvalue weighted by molar-refractivity contribution is -0.0361. The quantitative estimate of drug-likeness (QED) is 0.797. The first kappa shape index (κ1) is 19.5. The third-order valence-corrected chi connectivity index (χ3v) is 3.26. The molecular formula is C16H30N2O5. The summed E-state index contributed by atoms with van der Waals surface area (Å²) in [7, 11) is 0. The fourth-order valence-corrected chi connectivity index (χ4v) is 2.26. The SMILES string of the molecule is CC(O)[C@@H]1CN(C(=O)OC(C)(C)C)CCN1C(=O)OC(C)(C)C. The fraction of sp³-hybridized carbons (Fsp3) is 0.875. The second kappa shape index (κ2) is 6.95. The highest BCUT2D eigenvalue weighted by Gasteiger charge is 2.38. The van der Waals surface area contributed by atoms with E-state index >= 15 is 0 Å². The molecule has 1 fully saturated rings. The maximum atomic E-state index is 12.3. The number of rotatable bonds is 1. The summed E-state index contributed by atoms with van der Waals surface area (Å²) in [5, 5.41) is 10.00. The zero-order valence-electron chi connectivity index (χ0n) is 15.3. The van der Waals surface area contributed by atoms with Crippen LogP contribution in [-0.4, -0.2) is 70.1 Å². The van der Waals surface area contributed by atoms with E-state index in [1.54, 1.807) is 48.5 Å². The van der Waals surface area contributed by atoms with Crippen molar-refractivity contribution in [3.63, 3.8) is 0 Å². The highest BCUT2D eigenvalue weighted by Crippen LogP contribution is 2.20. The third kappa shape index (κ3) is 6.25. The van der Waals surface area contributed by atoms with Crippen LogP contribution in [0.1, 0.15) is 48.5 Å². The summed E-state index contributed by atoms with van der Waals surface area (Å²) in [4.78, 5) is 27.5. The van der Waals surface area contributed by atoms with Crippen LogP contribution >= 0.6 is 0 Å². The third-order valence-electron chi connectivity index (χ3n) is 3.26. The van der Waals surface area contributed by atoms with Crippen molar-refractivity contribution < 1.29 is 24.2 Å². The molecule has 7 heteroatoms. The Bertz CT molecular complexity index is 437. The van der Waals surface area contributed by atoms with Crippen molar-refractivity contribution in [2.75, 3.05) is 19.6 Å². The van der Waals surface area contributed by atoms with Gasteiger partial charge < -0.3 is 19.5 Å². The highest BCUT2D eigenvalue weighted by molar-refractivity contribution is 5.71. The lowest BCUT2D eigenvalue weighted by Crippen LogP contribution is -2.61. The number of piperazine rings is 1. The molecule has 0 aromatic heterocycles. The Kier molecular flexibility index (Phi) is 5.90. The molecule has 134 valence electrons. The van der Waals surface area contributed by atoms with Crippen LogP contribution in [0.5, 0.6) is 0 Å². The smallest absolute Gasteiger partial charge is 0.410 e. The largest absolute Gasteiger partial charge is 0.444 e.